The van der Waals surface area contributed by atoms with Crippen molar-refractivity contribution in [2.75, 3.05) is 12.4 Å². The lowest BCUT2D eigenvalue weighted by atomic mass is 9.95. The van der Waals surface area contributed by atoms with Crippen LogP contribution < -0.4 is 10.1 Å². The quantitative estimate of drug-likeness (QED) is 0.720. The molecule has 1 aromatic carbocycles. The summed E-state index contributed by atoms with van der Waals surface area (Å²) in [6, 6.07) is 13.2. The van der Waals surface area contributed by atoms with Crippen molar-refractivity contribution >= 4 is 11.6 Å². The Balaban J connectivity index is 1.80. The van der Waals surface area contributed by atoms with Gasteiger partial charge in [-0.2, -0.15) is 5.10 Å². The van der Waals surface area contributed by atoms with Gasteiger partial charge < -0.3 is 10.1 Å². The molecule has 0 saturated carbocycles. The number of hydrogen-bond donors (Lipinski definition) is 2. The Kier molecular flexibility index (Phi) is 5.09. The molecule has 0 aliphatic rings. The Morgan fingerprint density at radius 1 is 1.24 bits per heavy atom. The maximum absolute atomic E-state index is 12.8. The smallest absolute Gasteiger partial charge is 0.232 e. The number of carbonyl (C=O) groups is 1. The number of aromatic nitrogens is 3. The summed E-state index contributed by atoms with van der Waals surface area (Å²) >= 11 is 0. The molecule has 2 aromatic heterocycles. The van der Waals surface area contributed by atoms with E-state index in [4.69, 9.17) is 4.74 Å². The molecule has 1 unspecified atom stereocenters. The number of pyridine rings is 1. The fourth-order valence-electron chi connectivity index (χ4n) is 2.72. The van der Waals surface area contributed by atoms with Crippen molar-refractivity contribution in [3.63, 3.8) is 0 Å². The molecule has 0 fully saturated rings. The van der Waals surface area contributed by atoms with E-state index >= 15 is 0 Å². The van der Waals surface area contributed by atoms with E-state index in [1.54, 1.807) is 19.5 Å². The average Bonchev–Trinajstić information content (AvgIpc) is 3.11. The number of benzene rings is 1. The van der Waals surface area contributed by atoms with Crippen LogP contribution >= 0.6 is 0 Å². The summed E-state index contributed by atoms with van der Waals surface area (Å²) in [5, 5.41) is 9.89. The standard InChI is InChI=1S/C19H20N4O2/c1-3-15(13-7-9-14(25-2)10-8-13)19(24)22-17-12-21-23-18(17)16-6-4-5-11-20-16/h4-12,15H,3H2,1-2H3,(H,21,23)(H,22,24). The van der Waals surface area contributed by atoms with E-state index < -0.39 is 0 Å². The van der Waals surface area contributed by atoms with Gasteiger partial charge in [0.1, 0.15) is 11.4 Å². The summed E-state index contributed by atoms with van der Waals surface area (Å²) in [4.78, 5) is 17.1. The van der Waals surface area contributed by atoms with Crippen molar-refractivity contribution in [3.8, 4) is 17.1 Å². The highest BCUT2D eigenvalue weighted by atomic mass is 16.5. The topological polar surface area (TPSA) is 79.9 Å². The Morgan fingerprint density at radius 3 is 2.68 bits per heavy atom. The fourth-order valence-corrected chi connectivity index (χ4v) is 2.72. The number of rotatable bonds is 6. The van der Waals surface area contributed by atoms with Gasteiger partial charge in [-0.15, -0.1) is 0 Å². The van der Waals surface area contributed by atoms with E-state index in [-0.39, 0.29) is 11.8 Å². The second kappa shape index (κ2) is 7.61. The average molecular weight is 336 g/mol. The molecule has 25 heavy (non-hydrogen) atoms. The molecule has 1 amide bonds. The van der Waals surface area contributed by atoms with Crippen molar-refractivity contribution < 1.29 is 9.53 Å². The number of carbonyl (C=O) groups excluding carboxylic acids is 1. The molecule has 2 N–H and O–H groups in total. The molecule has 0 radical (unpaired) electrons. The van der Waals surface area contributed by atoms with Crippen molar-refractivity contribution in [1.82, 2.24) is 15.2 Å². The van der Waals surface area contributed by atoms with Gasteiger partial charge in [0.15, 0.2) is 0 Å². The van der Waals surface area contributed by atoms with Gasteiger partial charge in [0.2, 0.25) is 5.91 Å². The van der Waals surface area contributed by atoms with Crippen molar-refractivity contribution in [1.29, 1.82) is 0 Å². The summed E-state index contributed by atoms with van der Waals surface area (Å²) in [5.74, 6) is 0.440. The minimum atomic E-state index is -0.252. The Bertz CT molecular complexity index is 828. The zero-order valence-corrected chi connectivity index (χ0v) is 14.2. The highest BCUT2D eigenvalue weighted by molar-refractivity contribution is 5.98. The van der Waals surface area contributed by atoms with Gasteiger partial charge in [-0.3, -0.25) is 14.9 Å². The van der Waals surface area contributed by atoms with Gasteiger partial charge in [0.25, 0.3) is 0 Å². The molecule has 3 aromatic rings. The number of ether oxygens (including phenoxy) is 1. The third-order valence-corrected chi connectivity index (χ3v) is 4.06. The second-order valence-corrected chi connectivity index (χ2v) is 5.60. The number of methoxy groups -OCH3 is 1. The number of H-pyrrole nitrogens is 1. The Morgan fingerprint density at radius 2 is 2.04 bits per heavy atom. The van der Waals surface area contributed by atoms with Crippen molar-refractivity contribution in [2.45, 2.75) is 19.3 Å². The lowest BCUT2D eigenvalue weighted by Gasteiger charge is -2.16. The summed E-state index contributed by atoms with van der Waals surface area (Å²) in [5.41, 5.74) is 2.99. The first kappa shape index (κ1) is 16.7. The van der Waals surface area contributed by atoms with Gasteiger partial charge in [-0.05, 0) is 36.2 Å². The lowest BCUT2D eigenvalue weighted by molar-refractivity contribution is -0.117. The summed E-state index contributed by atoms with van der Waals surface area (Å²) in [6.45, 7) is 1.99. The van der Waals surface area contributed by atoms with E-state index in [1.165, 1.54) is 0 Å². The van der Waals surface area contributed by atoms with Crippen LogP contribution in [0.1, 0.15) is 24.8 Å². The third-order valence-electron chi connectivity index (χ3n) is 4.06. The minimum absolute atomic E-state index is 0.0775. The van der Waals surface area contributed by atoms with Crippen LogP contribution in [-0.2, 0) is 4.79 Å². The molecular formula is C19H20N4O2. The molecule has 0 aliphatic carbocycles. The SMILES string of the molecule is CCC(C(=O)Nc1cn[nH]c1-c1ccccn1)c1ccc(OC)cc1. The first-order valence-electron chi connectivity index (χ1n) is 8.12. The third kappa shape index (κ3) is 3.68. The van der Waals surface area contributed by atoms with E-state index in [0.717, 1.165) is 17.0 Å². The Labute approximate surface area is 146 Å². The van der Waals surface area contributed by atoms with Crippen LogP contribution in [0.15, 0.2) is 54.9 Å². The maximum Gasteiger partial charge on any atom is 0.232 e. The van der Waals surface area contributed by atoms with Crippen LogP contribution in [0.25, 0.3) is 11.4 Å². The van der Waals surface area contributed by atoms with E-state index in [9.17, 15) is 4.79 Å². The monoisotopic (exact) mass is 336 g/mol. The fraction of sp³-hybridized carbons (Fsp3) is 0.211. The van der Waals surface area contributed by atoms with Gasteiger partial charge in [-0.25, -0.2) is 0 Å². The van der Waals surface area contributed by atoms with Gasteiger partial charge in [0.05, 0.1) is 30.6 Å². The molecule has 128 valence electrons. The lowest BCUT2D eigenvalue weighted by Crippen LogP contribution is -2.20. The van der Waals surface area contributed by atoms with Crippen LogP contribution in [0.3, 0.4) is 0 Å². The zero-order chi connectivity index (χ0) is 17.6. The molecule has 0 bridgehead atoms. The van der Waals surface area contributed by atoms with Crippen LogP contribution in [0, 0.1) is 0 Å². The summed E-state index contributed by atoms with van der Waals surface area (Å²) in [7, 11) is 1.62. The number of amides is 1. The second-order valence-electron chi connectivity index (χ2n) is 5.60. The van der Waals surface area contributed by atoms with E-state index in [0.29, 0.717) is 17.8 Å². The molecule has 6 nitrogen and oxygen atoms in total. The van der Waals surface area contributed by atoms with E-state index in [1.807, 2.05) is 49.4 Å². The van der Waals surface area contributed by atoms with Crippen molar-refractivity contribution in [3.05, 3.63) is 60.4 Å². The zero-order valence-electron chi connectivity index (χ0n) is 14.2. The van der Waals surface area contributed by atoms with Gasteiger partial charge in [-0.1, -0.05) is 25.1 Å². The molecule has 0 saturated heterocycles. The number of nitrogens with zero attached hydrogens (tertiary/aromatic N) is 2. The largest absolute Gasteiger partial charge is 0.497 e. The summed E-state index contributed by atoms with van der Waals surface area (Å²) in [6.07, 6.45) is 3.99. The van der Waals surface area contributed by atoms with E-state index in [2.05, 4.69) is 20.5 Å². The number of hydrogen-bond acceptors (Lipinski definition) is 4. The molecular weight excluding hydrogens is 316 g/mol. The molecule has 1 atom stereocenters. The maximum atomic E-state index is 12.8. The predicted molar refractivity (Wildman–Crippen MR) is 96.5 cm³/mol. The number of anilines is 1. The van der Waals surface area contributed by atoms with Crippen LogP contribution in [0.4, 0.5) is 5.69 Å². The van der Waals surface area contributed by atoms with Gasteiger partial charge in [0, 0.05) is 6.20 Å². The van der Waals surface area contributed by atoms with Crippen LogP contribution in [0.2, 0.25) is 0 Å². The normalized spacial score (nSPS) is 11.8. The molecule has 6 heteroatoms. The number of aromatic amines is 1. The summed E-state index contributed by atoms with van der Waals surface area (Å²) < 4.78 is 5.17. The van der Waals surface area contributed by atoms with Crippen LogP contribution in [0.5, 0.6) is 5.75 Å². The molecule has 0 aliphatic heterocycles. The first-order chi connectivity index (χ1) is 12.2. The highest BCUT2D eigenvalue weighted by Gasteiger charge is 2.21. The van der Waals surface area contributed by atoms with Crippen LogP contribution in [-0.4, -0.2) is 28.2 Å². The number of nitrogens with one attached hydrogen (secondary N) is 2. The Hall–Kier alpha value is -3.15. The predicted octanol–water partition coefficient (Wildman–Crippen LogP) is 3.61. The van der Waals surface area contributed by atoms with Gasteiger partial charge >= 0.3 is 0 Å². The molecule has 2 heterocycles. The molecule has 3 rings (SSSR count). The first-order valence-corrected chi connectivity index (χ1v) is 8.12. The van der Waals surface area contributed by atoms with Crippen molar-refractivity contribution in [2.24, 2.45) is 0 Å². The highest BCUT2D eigenvalue weighted by Crippen LogP contribution is 2.27. The molecule has 0 spiro atoms. The minimum Gasteiger partial charge on any atom is -0.497 e.